The number of ketones is 1. The average molecular weight is 252 g/mol. The van der Waals surface area contributed by atoms with Crippen LogP contribution in [0.5, 0.6) is 11.5 Å². The quantitative estimate of drug-likeness (QED) is 0.754. The van der Waals surface area contributed by atoms with Gasteiger partial charge in [0.25, 0.3) is 0 Å². The minimum absolute atomic E-state index is 0.163. The monoisotopic (exact) mass is 252 g/mol. The van der Waals surface area contributed by atoms with Crippen LogP contribution in [-0.4, -0.2) is 23.6 Å². The largest absolute Gasteiger partial charge is 0.454 e. The molecule has 92 valence electrons. The Hall–Kier alpha value is -1.16. The summed E-state index contributed by atoms with van der Waals surface area (Å²) < 4.78 is 10.5. The molecule has 1 aromatic rings. The second kappa shape index (κ2) is 5.45. The molecule has 0 aromatic heterocycles. The fraction of sp³-hybridized carbons (Fsp3) is 0.462. The molecule has 0 saturated carbocycles. The molecule has 17 heavy (non-hydrogen) atoms. The predicted molar refractivity (Wildman–Crippen MR) is 69.1 cm³/mol. The molecule has 0 aliphatic carbocycles. The normalized spacial score (nSPS) is 13.1. The lowest BCUT2D eigenvalue weighted by Crippen LogP contribution is -2.02. The highest BCUT2D eigenvalue weighted by Crippen LogP contribution is 2.32. The fourth-order valence-electron chi connectivity index (χ4n) is 1.60. The van der Waals surface area contributed by atoms with Crippen LogP contribution >= 0.6 is 11.8 Å². The first-order valence-corrected chi connectivity index (χ1v) is 6.76. The number of rotatable bonds is 5. The summed E-state index contributed by atoms with van der Waals surface area (Å²) in [6.45, 7) is 4.52. The number of hydrogen-bond acceptors (Lipinski definition) is 4. The van der Waals surface area contributed by atoms with Gasteiger partial charge in [-0.15, -0.1) is 0 Å². The number of carbonyl (C=O) groups excluding carboxylic acids is 1. The minimum atomic E-state index is 0.163. The zero-order valence-corrected chi connectivity index (χ0v) is 10.9. The van der Waals surface area contributed by atoms with E-state index in [1.807, 2.05) is 0 Å². The van der Waals surface area contributed by atoms with E-state index < -0.39 is 0 Å². The zero-order chi connectivity index (χ0) is 12.3. The third-order valence-electron chi connectivity index (χ3n) is 2.47. The van der Waals surface area contributed by atoms with Crippen LogP contribution in [0.25, 0.3) is 0 Å². The van der Waals surface area contributed by atoms with E-state index >= 15 is 0 Å². The summed E-state index contributed by atoms with van der Waals surface area (Å²) in [6.07, 6.45) is 0.572. The van der Waals surface area contributed by atoms with Crippen molar-refractivity contribution in [3.05, 3.63) is 23.8 Å². The van der Waals surface area contributed by atoms with Gasteiger partial charge < -0.3 is 9.47 Å². The predicted octanol–water partition coefficient (Wildman–Crippen LogP) is 3.13. The lowest BCUT2D eigenvalue weighted by Gasteiger charge is -2.05. The van der Waals surface area contributed by atoms with Gasteiger partial charge in [-0.05, 0) is 23.4 Å². The highest BCUT2D eigenvalue weighted by atomic mass is 32.2. The van der Waals surface area contributed by atoms with Crippen molar-refractivity contribution in [3.8, 4) is 11.5 Å². The van der Waals surface area contributed by atoms with Crippen molar-refractivity contribution < 1.29 is 14.3 Å². The second-order valence-electron chi connectivity index (χ2n) is 4.16. The summed E-state index contributed by atoms with van der Waals surface area (Å²) in [6, 6.07) is 5.37. The molecule has 0 N–H and O–H groups in total. The van der Waals surface area contributed by atoms with Crippen LogP contribution < -0.4 is 9.47 Å². The molecular formula is C13H16O3S. The molecule has 0 bridgehead atoms. The summed E-state index contributed by atoms with van der Waals surface area (Å²) in [7, 11) is 0. The average Bonchev–Trinajstić information content (AvgIpc) is 2.75. The molecule has 2 rings (SSSR count). The molecule has 0 fully saturated rings. The lowest BCUT2D eigenvalue weighted by atomic mass is 10.1. The highest BCUT2D eigenvalue weighted by molar-refractivity contribution is 7.99. The Morgan fingerprint density at radius 1 is 1.35 bits per heavy atom. The molecule has 3 nitrogen and oxygen atoms in total. The molecule has 1 aliphatic heterocycles. The first-order chi connectivity index (χ1) is 8.16. The van der Waals surface area contributed by atoms with E-state index in [0.717, 1.165) is 11.5 Å². The number of Topliss-reactive ketones (excluding diaryl/α,β-unsaturated/α-hetero) is 1. The molecular weight excluding hydrogens is 236 g/mol. The van der Waals surface area contributed by atoms with Crippen molar-refractivity contribution in [3.63, 3.8) is 0 Å². The molecule has 0 amide bonds. The van der Waals surface area contributed by atoms with Crippen LogP contribution in [0.1, 0.15) is 30.6 Å². The number of ether oxygens (including phenoxy) is 2. The number of fused-ring (bicyclic) bond motifs is 1. The molecule has 1 aromatic carbocycles. The maximum Gasteiger partial charge on any atom is 0.231 e. The summed E-state index contributed by atoms with van der Waals surface area (Å²) in [5.41, 5.74) is 0.707. The van der Waals surface area contributed by atoms with Gasteiger partial charge in [0.05, 0.1) is 0 Å². The number of carbonyl (C=O) groups is 1. The minimum Gasteiger partial charge on any atom is -0.454 e. The van der Waals surface area contributed by atoms with E-state index in [4.69, 9.17) is 9.47 Å². The lowest BCUT2D eigenvalue weighted by molar-refractivity contribution is 0.0989. The summed E-state index contributed by atoms with van der Waals surface area (Å²) in [5.74, 6) is 2.42. The summed E-state index contributed by atoms with van der Waals surface area (Å²) in [5, 5.41) is 0.569. The van der Waals surface area contributed by atoms with Gasteiger partial charge in [0.15, 0.2) is 17.3 Å². The van der Waals surface area contributed by atoms with E-state index in [0.29, 0.717) is 23.0 Å². The van der Waals surface area contributed by atoms with Crippen molar-refractivity contribution in [2.75, 3.05) is 12.5 Å². The zero-order valence-electron chi connectivity index (χ0n) is 10.1. The van der Waals surface area contributed by atoms with Gasteiger partial charge in [-0.1, -0.05) is 13.8 Å². The first-order valence-electron chi connectivity index (χ1n) is 5.71. The molecule has 4 heteroatoms. The Balaban J connectivity index is 1.95. The highest BCUT2D eigenvalue weighted by Gasteiger charge is 2.15. The van der Waals surface area contributed by atoms with Crippen LogP contribution in [0.3, 0.4) is 0 Å². The van der Waals surface area contributed by atoms with Crippen LogP contribution in [0.4, 0.5) is 0 Å². The maximum absolute atomic E-state index is 11.9. The Bertz CT molecular complexity index is 415. The van der Waals surface area contributed by atoms with Gasteiger partial charge in [0.1, 0.15) is 0 Å². The van der Waals surface area contributed by atoms with Gasteiger partial charge in [0.2, 0.25) is 6.79 Å². The van der Waals surface area contributed by atoms with Gasteiger partial charge in [-0.3, -0.25) is 4.79 Å². The van der Waals surface area contributed by atoms with E-state index in [9.17, 15) is 4.79 Å². The van der Waals surface area contributed by atoms with Crippen molar-refractivity contribution in [1.82, 2.24) is 0 Å². The summed E-state index contributed by atoms with van der Waals surface area (Å²) in [4.78, 5) is 11.9. The van der Waals surface area contributed by atoms with Crippen LogP contribution in [0, 0.1) is 0 Å². The van der Waals surface area contributed by atoms with E-state index in [1.165, 1.54) is 0 Å². The first kappa shape index (κ1) is 12.3. The molecule has 0 radical (unpaired) electrons. The summed E-state index contributed by atoms with van der Waals surface area (Å²) >= 11 is 1.80. The van der Waals surface area contributed by atoms with Crippen molar-refractivity contribution in [2.45, 2.75) is 25.5 Å². The third kappa shape index (κ3) is 3.16. The van der Waals surface area contributed by atoms with Crippen molar-refractivity contribution in [1.29, 1.82) is 0 Å². The Kier molecular flexibility index (Phi) is 3.94. The van der Waals surface area contributed by atoms with E-state index in [2.05, 4.69) is 13.8 Å². The van der Waals surface area contributed by atoms with Gasteiger partial charge in [0, 0.05) is 17.7 Å². The van der Waals surface area contributed by atoms with Crippen molar-refractivity contribution >= 4 is 17.5 Å². The number of hydrogen-bond donors (Lipinski definition) is 0. The number of benzene rings is 1. The molecule has 0 saturated heterocycles. The molecule has 0 unspecified atom stereocenters. The Morgan fingerprint density at radius 2 is 2.12 bits per heavy atom. The van der Waals surface area contributed by atoms with Crippen LogP contribution in [0.15, 0.2) is 18.2 Å². The van der Waals surface area contributed by atoms with Crippen molar-refractivity contribution in [2.24, 2.45) is 0 Å². The van der Waals surface area contributed by atoms with Gasteiger partial charge in [-0.2, -0.15) is 11.8 Å². The van der Waals surface area contributed by atoms with Gasteiger partial charge in [-0.25, -0.2) is 0 Å². The maximum atomic E-state index is 11.9. The fourth-order valence-corrected chi connectivity index (χ4v) is 2.38. The third-order valence-corrected chi connectivity index (χ3v) is 3.58. The van der Waals surface area contributed by atoms with E-state index in [-0.39, 0.29) is 12.6 Å². The molecule has 0 atom stereocenters. The molecule has 0 spiro atoms. The molecule has 1 heterocycles. The standard InChI is InChI=1S/C13H16O3S/c1-9(2)17-6-5-11(14)10-3-4-12-13(7-10)16-8-15-12/h3-4,7,9H,5-6,8H2,1-2H3. The van der Waals surface area contributed by atoms with Crippen LogP contribution in [0.2, 0.25) is 0 Å². The van der Waals surface area contributed by atoms with Crippen LogP contribution in [-0.2, 0) is 0 Å². The SMILES string of the molecule is CC(C)SCCC(=O)c1ccc2c(c1)OCO2. The topological polar surface area (TPSA) is 35.5 Å². The smallest absolute Gasteiger partial charge is 0.231 e. The Morgan fingerprint density at radius 3 is 2.88 bits per heavy atom. The Labute approximate surface area is 105 Å². The van der Waals surface area contributed by atoms with Gasteiger partial charge >= 0.3 is 0 Å². The second-order valence-corrected chi connectivity index (χ2v) is 5.85. The van der Waals surface area contributed by atoms with E-state index in [1.54, 1.807) is 30.0 Å². The number of thioether (sulfide) groups is 1. The molecule has 1 aliphatic rings.